The summed E-state index contributed by atoms with van der Waals surface area (Å²) in [6.07, 6.45) is 0. The predicted molar refractivity (Wildman–Crippen MR) is 58.9 cm³/mol. The summed E-state index contributed by atoms with van der Waals surface area (Å²) in [7, 11) is 1.60. The molecule has 0 unspecified atom stereocenters. The maximum absolute atomic E-state index is 11.4. The molecule has 0 saturated heterocycles. The van der Waals surface area contributed by atoms with Crippen LogP contribution in [0.4, 0.5) is 5.69 Å². The smallest absolute Gasteiger partial charge is 0.232 e. The van der Waals surface area contributed by atoms with Crippen molar-refractivity contribution in [3.63, 3.8) is 0 Å². The average Bonchev–Trinajstić information content (AvgIpc) is 2.24. The number of benzene rings is 1. The van der Waals surface area contributed by atoms with Crippen molar-refractivity contribution in [1.82, 2.24) is 0 Å². The van der Waals surface area contributed by atoms with E-state index in [9.17, 15) is 4.79 Å². The first-order chi connectivity index (χ1) is 7.15. The third-order valence-corrected chi connectivity index (χ3v) is 2.07. The SMILES string of the molecule is CN(C(=O)CN=[N+]=[N-])c1cccc(Cl)c1. The summed E-state index contributed by atoms with van der Waals surface area (Å²) in [5.41, 5.74) is 8.75. The van der Waals surface area contributed by atoms with Crippen molar-refractivity contribution in [2.75, 3.05) is 18.5 Å². The molecule has 1 rings (SSSR count). The van der Waals surface area contributed by atoms with Gasteiger partial charge in [-0.1, -0.05) is 22.8 Å². The Bertz CT molecular complexity index is 414. The van der Waals surface area contributed by atoms with Gasteiger partial charge >= 0.3 is 0 Å². The standard InChI is InChI=1S/C9H9ClN4O/c1-14(9(15)6-12-13-11)8-4-2-3-7(10)5-8/h2-5H,6H2,1H3. The highest BCUT2D eigenvalue weighted by atomic mass is 35.5. The second-order valence-electron chi connectivity index (χ2n) is 2.82. The second-order valence-corrected chi connectivity index (χ2v) is 3.26. The zero-order chi connectivity index (χ0) is 11.3. The molecule has 1 aromatic carbocycles. The molecule has 0 spiro atoms. The van der Waals surface area contributed by atoms with Crippen LogP contribution in [0.2, 0.25) is 5.02 Å². The van der Waals surface area contributed by atoms with Crippen LogP contribution in [0.25, 0.3) is 10.4 Å². The van der Waals surface area contributed by atoms with Crippen molar-refractivity contribution in [2.45, 2.75) is 0 Å². The number of carbonyl (C=O) groups excluding carboxylic acids is 1. The molecule has 0 aromatic heterocycles. The fraction of sp³-hybridized carbons (Fsp3) is 0.222. The second kappa shape index (κ2) is 5.24. The number of hydrogen-bond acceptors (Lipinski definition) is 2. The van der Waals surface area contributed by atoms with Crippen LogP contribution in [0.15, 0.2) is 29.4 Å². The van der Waals surface area contributed by atoms with Crippen molar-refractivity contribution in [1.29, 1.82) is 0 Å². The van der Waals surface area contributed by atoms with E-state index in [0.717, 1.165) is 0 Å². The van der Waals surface area contributed by atoms with Crippen LogP contribution < -0.4 is 4.90 Å². The number of amides is 1. The largest absolute Gasteiger partial charge is 0.315 e. The molecule has 15 heavy (non-hydrogen) atoms. The van der Waals surface area contributed by atoms with Gasteiger partial charge in [0.15, 0.2) is 0 Å². The van der Waals surface area contributed by atoms with Gasteiger partial charge in [0.1, 0.15) is 6.54 Å². The van der Waals surface area contributed by atoms with E-state index in [1.54, 1.807) is 31.3 Å². The molecular weight excluding hydrogens is 216 g/mol. The van der Waals surface area contributed by atoms with E-state index >= 15 is 0 Å². The van der Waals surface area contributed by atoms with Crippen LogP contribution in [0, 0.1) is 0 Å². The maximum atomic E-state index is 11.4. The van der Waals surface area contributed by atoms with Gasteiger partial charge in [-0.2, -0.15) is 0 Å². The lowest BCUT2D eigenvalue weighted by atomic mass is 10.3. The van der Waals surface area contributed by atoms with Gasteiger partial charge in [-0.3, -0.25) is 4.79 Å². The van der Waals surface area contributed by atoms with E-state index < -0.39 is 0 Å². The van der Waals surface area contributed by atoms with Crippen molar-refractivity contribution in [2.24, 2.45) is 5.11 Å². The van der Waals surface area contributed by atoms with E-state index in [1.165, 1.54) is 4.90 Å². The fourth-order valence-electron chi connectivity index (χ4n) is 1.03. The average molecular weight is 225 g/mol. The molecule has 0 atom stereocenters. The Morgan fingerprint density at radius 1 is 1.67 bits per heavy atom. The van der Waals surface area contributed by atoms with Gasteiger partial charge in [-0.05, 0) is 23.7 Å². The molecule has 1 amide bonds. The van der Waals surface area contributed by atoms with E-state index in [-0.39, 0.29) is 12.5 Å². The van der Waals surface area contributed by atoms with E-state index in [0.29, 0.717) is 10.7 Å². The van der Waals surface area contributed by atoms with Crippen molar-refractivity contribution in [3.8, 4) is 0 Å². The van der Waals surface area contributed by atoms with Gasteiger partial charge in [0, 0.05) is 22.7 Å². The minimum absolute atomic E-state index is 0.195. The normalized spacial score (nSPS) is 9.20. The van der Waals surface area contributed by atoms with Crippen LogP contribution in [0.3, 0.4) is 0 Å². The highest BCUT2D eigenvalue weighted by molar-refractivity contribution is 6.30. The quantitative estimate of drug-likeness (QED) is 0.442. The Labute approximate surface area is 91.9 Å². The summed E-state index contributed by atoms with van der Waals surface area (Å²) >= 11 is 5.78. The molecule has 0 N–H and O–H groups in total. The van der Waals surface area contributed by atoms with E-state index in [2.05, 4.69) is 10.0 Å². The molecule has 0 fully saturated rings. The van der Waals surface area contributed by atoms with Crippen LogP contribution in [-0.4, -0.2) is 19.5 Å². The summed E-state index contributed by atoms with van der Waals surface area (Å²) < 4.78 is 0. The molecule has 5 nitrogen and oxygen atoms in total. The molecular formula is C9H9ClN4O. The van der Waals surface area contributed by atoms with Gasteiger partial charge in [-0.25, -0.2) is 0 Å². The van der Waals surface area contributed by atoms with Gasteiger partial charge in [0.2, 0.25) is 5.91 Å². The molecule has 1 aromatic rings. The van der Waals surface area contributed by atoms with Gasteiger partial charge in [0.05, 0.1) is 0 Å². The third kappa shape index (κ3) is 3.16. The Balaban J connectivity index is 2.79. The first-order valence-corrected chi connectivity index (χ1v) is 4.56. The molecule has 0 aliphatic heterocycles. The van der Waals surface area contributed by atoms with Gasteiger partial charge in [-0.15, -0.1) is 0 Å². The number of anilines is 1. The number of halogens is 1. The van der Waals surface area contributed by atoms with Crippen LogP contribution in [-0.2, 0) is 4.79 Å². The molecule has 0 bridgehead atoms. The molecule has 0 aliphatic rings. The Kier molecular flexibility index (Phi) is 3.97. The first-order valence-electron chi connectivity index (χ1n) is 4.18. The highest BCUT2D eigenvalue weighted by Crippen LogP contribution is 2.18. The van der Waals surface area contributed by atoms with E-state index in [4.69, 9.17) is 17.1 Å². The Morgan fingerprint density at radius 2 is 2.40 bits per heavy atom. The van der Waals surface area contributed by atoms with Crippen LogP contribution in [0.1, 0.15) is 0 Å². The number of likely N-dealkylation sites (N-methyl/N-ethyl adjacent to an activating group) is 1. The third-order valence-electron chi connectivity index (χ3n) is 1.84. The minimum Gasteiger partial charge on any atom is -0.315 e. The number of azide groups is 1. The van der Waals surface area contributed by atoms with Crippen molar-refractivity contribution >= 4 is 23.2 Å². The van der Waals surface area contributed by atoms with Crippen molar-refractivity contribution < 1.29 is 4.79 Å². The summed E-state index contributed by atoms with van der Waals surface area (Å²) in [5.74, 6) is -0.282. The van der Waals surface area contributed by atoms with E-state index in [1.807, 2.05) is 0 Å². The lowest BCUT2D eigenvalue weighted by Gasteiger charge is -2.16. The summed E-state index contributed by atoms with van der Waals surface area (Å²) in [6, 6.07) is 6.88. The number of hydrogen-bond donors (Lipinski definition) is 0. The Morgan fingerprint density at radius 3 is 3.00 bits per heavy atom. The molecule has 0 aliphatic carbocycles. The summed E-state index contributed by atoms with van der Waals surface area (Å²) in [6.45, 7) is -0.195. The summed E-state index contributed by atoms with van der Waals surface area (Å²) in [5, 5.41) is 3.75. The monoisotopic (exact) mass is 224 g/mol. The van der Waals surface area contributed by atoms with Gasteiger partial charge < -0.3 is 4.90 Å². The number of carbonyl (C=O) groups is 1. The number of rotatable bonds is 3. The minimum atomic E-state index is -0.282. The lowest BCUT2D eigenvalue weighted by molar-refractivity contribution is -0.117. The molecule has 6 heteroatoms. The van der Waals surface area contributed by atoms with Gasteiger partial charge in [0.25, 0.3) is 0 Å². The molecule has 0 heterocycles. The summed E-state index contributed by atoms with van der Waals surface area (Å²) in [4.78, 5) is 15.3. The Hall–Kier alpha value is -1.71. The van der Waals surface area contributed by atoms with Crippen LogP contribution >= 0.6 is 11.6 Å². The zero-order valence-corrected chi connectivity index (χ0v) is 8.85. The molecule has 0 saturated carbocycles. The molecule has 0 radical (unpaired) electrons. The lowest BCUT2D eigenvalue weighted by Crippen LogP contribution is -2.28. The zero-order valence-electron chi connectivity index (χ0n) is 8.09. The first kappa shape index (κ1) is 11.4. The number of nitrogens with zero attached hydrogens (tertiary/aromatic N) is 4. The fourth-order valence-corrected chi connectivity index (χ4v) is 1.21. The molecule has 78 valence electrons. The van der Waals surface area contributed by atoms with Crippen LogP contribution in [0.5, 0.6) is 0 Å². The topological polar surface area (TPSA) is 69.1 Å². The predicted octanol–water partition coefficient (Wildman–Crippen LogP) is 2.61. The highest BCUT2D eigenvalue weighted by Gasteiger charge is 2.09. The van der Waals surface area contributed by atoms with Crippen molar-refractivity contribution in [3.05, 3.63) is 39.7 Å². The maximum Gasteiger partial charge on any atom is 0.232 e.